The van der Waals surface area contributed by atoms with Crippen molar-refractivity contribution >= 4 is 0 Å². The molecule has 75 valence electrons. The Kier molecular flexibility index (Phi) is 3.26. The van der Waals surface area contributed by atoms with Crippen molar-refractivity contribution in [1.82, 2.24) is 0 Å². The van der Waals surface area contributed by atoms with Gasteiger partial charge in [0.15, 0.2) is 0 Å². The molecule has 0 amide bonds. The molecule has 1 N–H and O–H groups in total. The van der Waals surface area contributed by atoms with E-state index < -0.39 is 0 Å². The first-order valence-corrected chi connectivity index (χ1v) is 5.89. The highest BCUT2D eigenvalue weighted by Gasteiger charge is 2.28. The van der Waals surface area contributed by atoms with Crippen LogP contribution in [0, 0.1) is 11.8 Å². The molecular formula is C12H21O. The van der Waals surface area contributed by atoms with Gasteiger partial charge in [-0.15, -0.1) is 0 Å². The van der Waals surface area contributed by atoms with E-state index in [2.05, 4.69) is 0 Å². The summed E-state index contributed by atoms with van der Waals surface area (Å²) in [5.41, 5.74) is 0. The Morgan fingerprint density at radius 2 is 1.69 bits per heavy atom. The molecule has 0 spiro atoms. The van der Waals surface area contributed by atoms with E-state index in [-0.39, 0.29) is 6.10 Å². The second kappa shape index (κ2) is 4.45. The molecule has 0 aromatic heterocycles. The Morgan fingerprint density at radius 1 is 0.923 bits per heavy atom. The lowest BCUT2D eigenvalue weighted by Gasteiger charge is -2.34. The molecule has 2 aliphatic rings. The van der Waals surface area contributed by atoms with Crippen LogP contribution in [0.25, 0.3) is 0 Å². The fraction of sp³-hybridized carbons (Fsp3) is 0.917. The molecule has 2 unspecified atom stereocenters. The zero-order valence-corrected chi connectivity index (χ0v) is 8.47. The third-order valence-corrected chi connectivity index (χ3v) is 3.72. The Balaban J connectivity index is 1.83. The monoisotopic (exact) mass is 181 g/mol. The number of hydrogen-bond donors (Lipinski definition) is 1. The van der Waals surface area contributed by atoms with Gasteiger partial charge in [-0.3, -0.25) is 0 Å². The zero-order chi connectivity index (χ0) is 9.10. The molecule has 0 aliphatic heterocycles. The predicted molar refractivity (Wildman–Crippen MR) is 54.3 cm³/mol. The van der Waals surface area contributed by atoms with Crippen molar-refractivity contribution in [2.45, 2.75) is 63.9 Å². The molecule has 0 heterocycles. The molecule has 0 aromatic rings. The van der Waals surface area contributed by atoms with Gasteiger partial charge in [-0.25, -0.2) is 0 Å². The minimum Gasteiger partial charge on any atom is -0.393 e. The fourth-order valence-corrected chi connectivity index (χ4v) is 2.95. The smallest absolute Gasteiger partial charge is 0.0543 e. The highest BCUT2D eigenvalue weighted by molar-refractivity contribution is 5.00. The topological polar surface area (TPSA) is 20.2 Å². The molecule has 1 radical (unpaired) electrons. The van der Waals surface area contributed by atoms with E-state index in [9.17, 15) is 5.11 Å². The van der Waals surface area contributed by atoms with Gasteiger partial charge in [0.25, 0.3) is 0 Å². The summed E-state index contributed by atoms with van der Waals surface area (Å²) in [7, 11) is 0. The molecule has 2 fully saturated rings. The maximum atomic E-state index is 9.60. The second-order valence-electron chi connectivity index (χ2n) is 4.74. The Labute approximate surface area is 81.5 Å². The summed E-state index contributed by atoms with van der Waals surface area (Å²) < 4.78 is 0. The number of hydrogen-bond acceptors (Lipinski definition) is 1. The van der Waals surface area contributed by atoms with Crippen molar-refractivity contribution in [1.29, 1.82) is 0 Å². The van der Waals surface area contributed by atoms with Crippen molar-refractivity contribution in [2.75, 3.05) is 0 Å². The Hall–Kier alpha value is -0.0400. The van der Waals surface area contributed by atoms with Gasteiger partial charge in [0.1, 0.15) is 0 Å². The van der Waals surface area contributed by atoms with Crippen LogP contribution in [0.5, 0.6) is 0 Å². The summed E-state index contributed by atoms with van der Waals surface area (Å²) in [6.07, 6.45) is 11.7. The molecule has 1 heteroatoms. The van der Waals surface area contributed by atoms with Gasteiger partial charge in [0, 0.05) is 0 Å². The van der Waals surface area contributed by atoms with Crippen molar-refractivity contribution < 1.29 is 5.11 Å². The van der Waals surface area contributed by atoms with E-state index in [1.165, 1.54) is 44.9 Å². The lowest BCUT2D eigenvalue weighted by molar-refractivity contribution is 0.100. The standard InChI is InChI=1S/C12H21O/c13-12-8-4-7-11(9-12)10-5-2-1-3-6-10/h11-13H,1-9H2. The molecule has 2 aliphatic carbocycles. The third-order valence-electron chi connectivity index (χ3n) is 3.72. The van der Waals surface area contributed by atoms with Crippen LogP contribution in [0.3, 0.4) is 0 Å². The molecule has 0 aromatic carbocycles. The molecule has 2 rings (SSSR count). The summed E-state index contributed by atoms with van der Waals surface area (Å²) in [5.74, 6) is 2.56. The van der Waals surface area contributed by atoms with Crippen LogP contribution in [0.4, 0.5) is 0 Å². The van der Waals surface area contributed by atoms with E-state index in [0.29, 0.717) is 0 Å². The largest absolute Gasteiger partial charge is 0.393 e. The van der Waals surface area contributed by atoms with E-state index in [1.807, 2.05) is 0 Å². The van der Waals surface area contributed by atoms with Crippen LogP contribution >= 0.6 is 0 Å². The summed E-state index contributed by atoms with van der Waals surface area (Å²) >= 11 is 0. The first kappa shape index (κ1) is 9.51. The lowest BCUT2D eigenvalue weighted by atomic mass is 9.73. The Bertz CT molecular complexity index is 149. The predicted octanol–water partition coefficient (Wildman–Crippen LogP) is 3.08. The van der Waals surface area contributed by atoms with E-state index in [1.54, 1.807) is 5.92 Å². The number of rotatable bonds is 1. The highest BCUT2D eigenvalue weighted by Crippen LogP contribution is 2.39. The van der Waals surface area contributed by atoms with Gasteiger partial charge in [-0.2, -0.15) is 0 Å². The summed E-state index contributed by atoms with van der Waals surface area (Å²) in [6.45, 7) is 0. The van der Waals surface area contributed by atoms with Crippen LogP contribution in [0.1, 0.15) is 57.8 Å². The zero-order valence-electron chi connectivity index (χ0n) is 8.47. The number of aliphatic hydroxyl groups is 1. The molecule has 2 saturated carbocycles. The van der Waals surface area contributed by atoms with Crippen LogP contribution in [0.15, 0.2) is 0 Å². The fourth-order valence-electron chi connectivity index (χ4n) is 2.95. The molecule has 0 bridgehead atoms. The minimum absolute atomic E-state index is 0.00757. The van der Waals surface area contributed by atoms with E-state index in [4.69, 9.17) is 0 Å². The SMILES string of the molecule is OC1CCCC([C]2CCCCC2)C1. The van der Waals surface area contributed by atoms with Gasteiger partial charge in [-0.05, 0) is 43.9 Å². The van der Waals surface area contributed by atoms with Crippen LogP contribution in [-0.2, 0) is 0 Å². The normalized spacial score (nSPS) is 37.6. The second-order valence-corrected chi connectivity index (χ2v) is 4.74. The van der Waals surface area contributed by atoms with Gasteiger partial charge < -0.3 is 5.11 Å². The summed E-state index contributed by atoms with van der Waals surface area (Å²) in [5, 5.41) is 9.60. The van der Waals surface area contributed by atoms with E-state index >= 15 is 0 Å². The minimum atomic E-state index is 0.00757. The van der Waals surface area contributed by atoms with Crippen molar-refractivity contribution in [3.63, 3.8) is 0 Å². The molecule has 0 saturated heterocycles. The molecule has 2 atom stereocenters. The van der Waals surface area contributed by atoms with Crippen molar-refractivity contribution in [2.24, 2.45) is 5.92 Å². The first-order valence-electron chi connectivity index (χ1n) is 5.89. The maximum absolute atomic E-state index is 9.60. The first-order chi connectivity index (χ1) is 6.36. The molecular weight excluding hydrogens is 160 g/mol. The lowest BCUT2D eigenvalue weighted by Crippen LogP contribution is -2.25. The van der Waals surface area contributed by atoms with Crippen LogP contribution < -0.4 is 0 Å². The highest BCUT2D eigenvalue weighted by atomic mass is 16.3. The van der Waals surface area contributed by atoms with Crippen molar-refractivity contribution in [3.8, 4) is 0 Å². The summed E-state index contributed by atoms with van der Waals surface area (Å²) in [6, 6.07) is 0. The summed E-state index contributed by atoms with van der Waals surface area (Å²) in [4.78, 5) is 0. The van der Waals surface area contributed by atoms with Gasteiger partial charge >= 0.3 is 0 Å². The molecule has 1 nitrogen and oxygen atoms in total. The van der Waals surface area contributed by atoms with Crippen molar-refractivity contribution in [3.05, 3.63) is 5.92 Å². The third kappa shape index (κ3) is 2.46. The average molecular weight is 181 g/mol. The maximum Gasteiger partial charge on any atom is 0.0543 e. The van der Waals surface area contributed by atoms with Gasteiger partial charge in [-0.1, -0.05) is 25.7 Å². The quantitative estimate of drug-likeness (QED) is 0.659. The van der Waals surface area contributed by atoms with E-state index in [0.717, 1.165) is 18.8 Å². The number of aliphatic hydroxyl groups excluding tert-OH is 1. The average Bonchev–Trinajstić information content (AvgIpc) is 2.19. The van der Waals surface area contributed by atoms with Gasteiger partial charge in [0.05, 0.1) is 6.10 Å². The van der Waals surface area contributed by atoms with Gasteiger partial charge in [0.2, 0.25) is 0 Å². The Morgan fingerprint density at radius 3 is 2.38 bits per heavy atom. The van der Waals surface area contributed by atoms with Crippen LogP contribution in [-0.4, -0.2) is 11.2 Å². The molecule has 13 heavy (non-hydrogen) atoms. The van der Waals surface area contributed by atoms with Crippen LogP contribution in [0.2, 0.25) is 0 Å².